The van der Waals surface area contributed by atoms with E-state index in [-0.39, 0.29) is 5.91 Å². The van der Waals surface area contributed by atoms with E-state index in [0.717, 1.165) is 34.4 Å². The Bertz CT molecular complexity index is 1570. The van der Waals surface area contributed by atoms with Crippen LogP contribution >= 0.6 is 11.8 Å². The van der Waals surface area contributed by atoms with Gasteiger partial charge in [-0.15, -0.1) is 11.8 Å². The van der Waals surface area contributed by atoms with Crippen molar-refractivity contribution >= 4 is 45.2 Å². The molecule has 0 fully saturated rings. The number of rotatable bonds is 7. The minimum atomic E-state index is -0.0613. The van der Waals surface area contributed by atoms with E-state index in [9.17, 15) is 10.1 Å². The lowest BCUT2D eigenvalue weighted by Crippen LogP contribution is -2.12. The van der Waals surface area contributed by atoms with Crippen LogP contribution in [-0.2, 0) is 11.3 Å². The average Bonchev–Trinajstić information content (AvgIpc) is 3.22. The highest BCUT2D eigenvalue weighted by atomic mass is 32.2. The van der Waals surface area contributed by atoms with Gasteiger partial charge < -0.3 is 9.88 Å². The lowest BCUT2D eigenvalue weighted by molar-refractivity contribution is -0.115. The highest BCUT2D eigenvalue weighted by Gasteiger charge is 2.12. The highest BCUT2D eigenvalue weighted by molar-refractivity contribution is 7.99. The van der Waals surface area contributed by atoms with Crippen LogP contribution in [0.15, 0.2) is 90.0 Å². The number of benzene rings is 3. The summed E-state index contributed by atoms with van der Waals surface area (Å²) in [5.74, 6) is 0.470. The van der Waals surface area contributed by atoms with Gasteiger partial charge in [-0.3, -0.25) is 4.79 Å². The molecule has 2 aromatic heterocycles. The van der Waals surface area contributed by atoms with Crippen molar-refractivity contribution in [1.29, 1.82) is 5.26 Å². The second kappa shape index (κ2) is 10.0. The first-order valence-corrected chi connectivity index (χ1v) is 12.6. The Balaban J connectivity index is 1.28. The minimum absolute atomic E-state index is 0.0613. The largest absolute Gasteiger partial charge is 0.341 e. The van der Waals surface area contributed by atoms with Crippen molar-refractivity contribution in [2.45, 2.75) is 24.9 Å². The van der Waals surface area contributed by atoms with Crippen LogP contribution in [0.4, 0.5) is 5.69 Å². The van der Waals surface area contributed by atoms with Gasteiger partial charge in [-0.2, -0.15) is 5.26 Å². The molecule has 5 nitrogen and oxygen atoms in total. The fourth-order valence-electron chi connectivity index (χ4n) is 4.34. The fourth-order valence-corrected chi connectivity index (χ4v) is 5.25. The Kier molecular flexibility index (Phi) is 6.51. The number of nitrogens with zero attached hydrogens (tertiary/aromatic N) is 3. The van der Waals surface area contributed by atoms with Crippen LogP contribution in [0.5, 0.6) is 0 Å². The quantitative estimate of drug-likeness (QED) is 0.260. The van der Waals surface area contributed by atoms with Gasteiger partial charge in [-0.1, -0.05) is 48.5 Å². The fraction of sp³-hybridized carbons (Fsp3) is 0.138. The Morgan fingerprint density at radius 2 is 1.74 bits per heavy atom. The second-order valence-electron chi connectivity index (χ2n) is 8.17. The third-order valence-electron chi connectivity index (χ3n) is 5.99. The number of anilines is 1. The molecule has 5 aromatic rings. The van der Waals surface area contributed by atoms with E-state index in [1.54, 1.807) is 6.07 Å². The van der Waals surface area contributed by atoms with Crippen molar-refractivity contribution in [2.75, 3.05) is 11.1 Å². The number of carbonyl (C=O) groups is 1. The highest BCUT2D eigenvalue weighted by Crippen LogP contribution is 2.31. The third-order valence-corrected chi connectivity index (χ3v) is 6.98. The summed E-state index contributed by atoms with van der Waals surface area (Å²) in [4.78, 5) is 17.4. The number of nitriles is 1. The van der Waals surface area contributed by atoms with Crippen LogP contribution in [-0.4, -0.2) is 21.2 Å². The average molecular weight is 477 g/mol. The van der Waals surface area contributed by atoms with Gasteiger partial charge in [0.05, 0.1) is 11.3 Å². The predicted octanol–water partition coefficient (Wildman–Crippen LogP) is 6.87. The maximum atomic E-state index is 12.7. The summed E-state index contributed by atoms with van der Waals surface area (Å²) >= 11 is 1.43. The molecule has 3 aromatic carbocycles. The Morgan fingerprint density at radius 3 is 2.54 bits per heavy atom. The van der Waals surface area contributed by atoms with Gasteiger partial charge >= 0.3 is 0 Å². The molecular formula is C29H24N4OS. The summed E-state index contributed by atoms with van der Waals surface area (Å²) < 4.78 is 2.29. The number of hydrogen-bond donors (Lipinski definition) is 1. The van der Waals surface area contributed by atoms with E-state index in [4.69, 9.17) is 0 Å². The van der Waals surface area contributed by atoms with Gasteiger partial charge in [0, 0.05) is 51.8 Å². The van der Waals surface area contributed by atoms with Crippen molar-refractivity contribution in [3.63, 3.8) is 0 Å². The zero-order valence-corrected chi connectivity index (χ0v) is 20.2. The van der Waals surface area contributed by atoms with E-state index < -0.39 is 0 Å². The molecule has 5 rings (SSSR count). The molecule has 0 spiro atoms. The van der Waals surface area contributed by atoms with Gasteiger partial charge in [0.1, 0.15) is 11.1 Å². The molecular weight excluding hydrogens is 452 g/mol. The van der Waals surface area contributed by atoms with Crippen molar-refractivity contribution in [2.24, 2.45) is 0 Å². The van der Waals surface area contributed by atoms with E-state index in [1.807, 2.05) is 54.6 Å². The monoisotopic (exact) mass is 476 g/mol. The lowest BCUT2D eigenvalue weighted by Gasteiger charge is -2.08. The van der Waals surface area contributed by atoms with Crippen LogP contribution in [0.2, 0.25) is 0 Å². The van der Waals surface area contributed by atoms with E-state index in [0.29, 0.717) is 22.8 Å². The SMILES string of the molecule is CCn1c2ccccc2c2cc(NC(=O)CCSc3nc(-c4ccccc4)ccc3C#N)ccc21. The number of carbonyl (C=O) groups excluding carboxylic acids is 1. The Morgan fingerprint density at radius 1 is 0.971 bits per heavy atom. The number of amides is 1. The molecule has 0 atom stereocenters. The maximum Gasteiger partial charge on any atom is 0.225 e. The van der Waals surface area contributed by atoms with Crippen molar-refractivity contribution in [1.82, 2.24) is 9.55 Å². The van der Waals surface area contributed by atoms with Crippen molar-refractivity contribution in [3.05, 3.63) is 90.5 Å². The van der Waals surface area contributed by atoms with Gasteiger partial charge in [0.25, 0.3) is 0 Å². The van der Waals surface area contributed by atoms with Crippen LogP contribution < -0.4 is 5.32 Å². The molecule has 1 N–H and O–H groups in total. The molecule has 2 heterocycles. The van der Waals surface area contributed by atoms with Crippen molar-refractivity contribution < 1.29 is 4.79 Å². The summed E-state index contributed by atoms with van der Waals surface area (Å²) in [5.41, 5.74) is 5.48. The number of fused-ring (bicyclic) bond motifs is 3. The number of hydrogen-bond acceptors (Lipinski definition) is 4. The number of para-hydroxylation sites is 1. The molecule has 0 saturated carbocycles. The predicted molar refractivity (Wildman–Crippen MR) is 143 cm³/mol. The number of pyridine rings is 1. The topological polar surface area (TPSA) is 70.7 Å². The number of thioether (sulfide) groups is 1. The molecule has 0 aliphatic rings. The first-order chi connectivity index (χ1) is 17.2. The van der Waals surface area contributed by atoms with Gasteiger partial charge in [-0.05, 0) is 43.3 Å². The van der Waals surface area contributed by atoms with E-state index in [1.165, 1.54) is 22.7 Å². The summed E-state index contributed by atoms with van der Waals surface area (Å²) in [6.45, 7) is 3.03. The zero-order chi connectivity index (χ0) is 24.2. The molecule has 0 bridgehead atoms. The Labute approximate surface area is 208 Å². The lowest BCUT2D eigenvalue weighted by atomic mass is 10.1. The van der Waals surface area contributed by atoms with Crippen LogP contribution in [0.25, 0.3) is 33.1 Å². The minimum Gasteiger partial charge on any atom is -0.341 e. The van der Waals surface area contributed by atoms with E-state index in [2.05, 4.69) is 52.1 Å². The summed E-state index contributed by atoms with van der Waals surface area (Å²) in [7, 11) is 0. The number of nitrogens with one attached hydrogen (secondary N) is 1. The van der Waals surface area contributed by atoms with Crippen molar-refractivity contribution in [3.8, 4) is 17.3 Å². The standard InChI is InChI=1S/C29H24N4OS/c1-2-33-26-11-7-6-10-23(26)24-18-22(13-15-27(24)33)31-28(34)16-17-35-29-21(19-30)12-14-25(32-29)20-8-4-3-5-9-20/h3-15,18H,2,16-17H2,1H3,(H,31,34). The van der Waals surface area contributed by atoms with Crippen LogP contribution in [0.3, 0.4) is 0 Å². The molecule has 1 amide bonds. The molecule has 172 valence electrons. The van der Waals surface area contributed by atoms with Crippen LogP contribution in [0.1, 0.15) is 18.9 Å². The molecule has 35 heavy (non-hydrogen) atoms. The van der Waals surface area contributed by atoms with Gasteiger partial charge in [0.2, 0.25) is 5.91 Å². The summed E-state index contributed by atoms with van der Waals surface area (Å²) in [6, 6.07) is 30.1. The molecule has 0 saturated heterocycles. The maximum absolute atomic E-state index is 12.7. The number of aromatic nitrogens is 2. The molecule has 0 aliphatic heterocycles. The molecule has 6 heteroatoms. The smallest absolute Gasteiger partial charge is 0.225 e. The molecule has 0 aliphatic carbocycles. The van der Waals surface area contributed by atoms with Gasteiger partial charge in [-0.25, -0.2) is 4.98 Å². The second-order valence-corrected chi connectivity index (χ2v) is 9.25. The first-order valence-electron chi connectivity index (χ1n) is 11.6. The van der Waals surface area contributed by atoms with Crippen LogP contribution in [0, 0.1) is 11.3 Å². The first kappa shape index (κ1) is 22.7. The third kappa shape index (κ3) is 4.64. The summed E-state index contributed by atoms with van der Waals surface area (Å²) in [5, 5.41) is 15.5. The van der Waals surface area contributed by atoms with E-state index >= 15 is 0 Å². The molecule has 0 unspecified atom stereocenters. The van der Waals surface area contributed by atoms with Gasteiger partial charge in [0.15, 0.2) is 0 Å². The normalized spacial score (nSPS) is 11.0. The molecule has 0 radical (unpaired) electrons. The summed E-state index contributed by atoms with van der Waals surface area (Å²) in [6.07, 6.45) is 0.321. The Hall–Kier alpha value is -4.08. The zero-order valence-electron chi connectivity index (χ0n) is 19.4. The number of aryl methyl sites for hydroxylation is 1.